The maximum Gasteiger partial charge on any atom is 0.193 e. The first-order valence-corrected chi connectivity index (χ1v) is 9.30. The summed E-state index contributed by atoms with van der Waals surface area (Å²) >= 11 is 0. The molecule has 0 aromatic rings. The number of ether oxygens (including phenoxy) is 2. The van der Waals surface area contributed by atoms with Gasteiger partial charge in [-0.25, -0.2) is 0 Å². The summed E-state index contributed by atoms with van der Waals surface area (Å²) in [5.74, 6) is 3.24. The molecule has 5 heteroatoms. The Bertz CT molecular complexity index is 346. The molecule has 23 heavy (non-hydrogen) atoms. The van der Waals surface area contributed by atoms with Crippen molar-refractivity contribution in [2.45, 2.75) is 39.5 Å². The average Bonchev–Trinajstić information content (AvgIpc) is 2.54. The van der Waals surface area contributed by atoms with Crippen LogP contribution in [0, 0.1) is 17.8 Å². The van der Waals surface area contributed by atoms with E-state index in [1.165, 1.54) is 6.42 Å². The number of guanidine groups is 1. The van der Waals surface area contributed by atoms with Crippen LogP contribution in [0.4, 0.5) is 0 Å². The Morgan fingerprint density at radius 2 is 1.91 bits per heavy atom. The Labute approximate surface area is 141 Å². The molecular weight excluding hydrogens is 290 g/mol. The largest absolute Gasteiger partial charge is 0.381 e. The fraction of sp³-hybridized carbons (Fsp3) is 0.944. The lowest BCUT2D eigenvalue weighted by molar-refractivity contribution is 0.0203. The van der Waals surface area contributed by atoms with E-state index in [2.05, 4.69) is 29.1 Å². The van der Waals surface area contributed by atoms with Crippen molar-refractivity contribution in [1.82, 2.24) is 10.2 Å². The van der Waals surface area contributed by atoms with Gasteiger partial charge < -0.3 is 19.7 Å². The highest BCUT2D eigenvalue weighted by molar-refractivity contribution is 5.79. The molecule has 1 N–H and O–H groups in total. The van der Waals surface area contributed by atoms with Gasteiger partial charge in [0.1, 0.15) is 0 Å². The van der Waals surface area contributed by atoms with Crippen LogP contribution >= 0.6 is 0 Å². The molecule has 2 fully saturated rings. The van der Waals surface area contributed by atoms with E-state index in [4.69, 9.17) is 9.47 Å². The molecule has 2 aliphatic rings. The number of hydrogen-bond donors (Lipinski definition) is 1. The highest BCUT2D eigenvalue weighted by Crippen LogP contribution is 2.20. The molecular formula is C18H35N3O2. The monoisotopic (exact) mass is 325 g/mol. The molecule has 2 atom stereocenters. The molecule has 0 aromatic heterocycles. The molecule has 0 amide bonds. The van der Waals surface area contributed by atoms with Gasteiger partial charge in [0.05, 0.1) is 0 Å². The van der Waals surface area contributed by atoms with E-state index in [1.807, 2.05) is 7.05 Å². The summed E-state index contributed by atoms with van der Waals surface area (Å²) in [6.45, 7) is 11.3. The maximum absolute atomic E-state index is 5.82. The summed E-state index contributed by atoms with van der Waals surface area (Å²) in [7, 11) is 1.88. The van der Waals surface area contributed by atoms with E-state index in [-0.39, 0.29) is 0 Å². The van der Waals surface area contributed by atoms with Crippen LogP contribution in [0.25, 0.3) is 0 Å². The first-order valence-electron chi connectivity index (χ1n) is 9.30. The van der Waals surface area contributed by atoms with Gasteiger partial charge >= 0.3 is 0 Å². The Balaban J connectivity index is 1.56. The van der Waals surface area contributed by atoms with E-state index in [9.17, 15) is 0 Å². The standard InChI is InChI=1S/C18H35N3O2/c1-15-11-16(2)13-21(12-15)18(19-3)20-7-4-8-23-14-17-5-9-22-10-6-17/h15-17H,4-14H2,1-3H3,(H,19,20). The van der Waals surface area contributed by atoms with Crippen LogP contribution in [0.5, 0.6) is 0 Å². The molecule has 2 saturated heterocycles. The Kier molecular flexibility index (Phi) is 8.17. The van der Waals surface area contributed by atoms with Crippen LogP contribution in [-0.4, -0.2) is 64.0 Å². The number of hydrogen-bond acceptors (Lipinski definition) is 3. The number of piperidine rings is 1. The Hall–Kier alpha value is -0.810. The zero-order chi connectivity index (χ0) is 16.5. The van der Waals surface area contributed by atoms with E-state index in [0.717, 1.165) is 83.1 Å². The smallest absolute Gasteiger partial charge is 0.193 e. The molecule has 5 nitrogen and oxygen atoms in total. The van der Waals surface area contributed by atoms with Gasteiger partial charge in [0.15, 0.2) is 5.96 Å². The second-order valence-electron chi connectivity index (χ2n) is 7.31. The minimum atomic E-state index is 0.695. The zero-order valence-corrected chi connectivity index (χ0v) is 15.2. The summed E-state index contributed by atoms with van der Waals surface area (Å²) in [6, 6.07) is 0. The highest BCUT2D eigenvalue weighted by atomic mass is 16.5. The molecule has 0 bridgehead atoms. The van der Waals surface area contributed by atoms with Gasteiger partial charge in [-0.1, -0.05) is 13.8 Å². The van der Waals surface area contributed by atoms with Crippen LogP contribution in [0.2, 0.25) is 0 Å². The number of nitrogens with zero attached hydrogens (tertiary/aromatic N) is 2. The normalized spacial score (nSPS) is 27.3. The predicted octanol–water partition coefficient (Wildman–Crippen LogP) is 2.37. The average molecular weight is 325 g/mol. The minimum Gasteiger partial charge on any atom is -0.381 e. The van der Waals surface area contributed by atoms with Gasteiger partial charge in [-0.2, -0.15) is 0 Å². The molecule has 2 aliphatic heterocycles. The molecule has 0 saturated carbocycles. The van der Waals surface area contributed by atoms with Gasteiger partial charge in [-0.05, 0) is 43.4 Å². The lowest BCUT2D eigenvalue weighted by atomic mass is 9.92. The summed E-state index contributed by atoms with van der Waals surface area (Å²) in [6.07, 6.45) is 4.65. The molecule has 0 spiro atoms. The van der Waals surface area contributed by atoms with Crippen molar-refractivity contribution in [2.75, 3.05) is 53.1 Å². The lowest BCUT2D eigenvalue weighted by Gasteiger charge is -2.37. The van der Waals surface area contributed by atoms with Crippen LogP contribution in [0.1, 0.15) is 39.5 Å². The Morgan fingerprint density at radius 3 is 2.57 bits per heavy atom. The predicted molar refractivity (Wildman–Crippen MR) is 94.9 cm³/mol. The minimum absolute atomic E-state index is 0.695. The summed E-state index contributed by atoms with van der Waals surface area (Å²) in [5, 5.41) is 3.49. The van der Waals surface area contributed by atoms with Crippen LogP contribution in [0.15, 0.2) is 4.99 Å². The lowest BCUT2D eigenvalue weighted by Crippen LogP contribution is -2.48. The summed E-state index contributed by atoms with van der Waals surface area (Å²) < 4.78 is 11.2. The molecule has 2 unspecified atom stereocenters. The second kappa shape index (κ2) is 10.1. The SMILES string of the molecule is CN=C(NCCCOCC1CCOCC1)N1CC(C)CC(C)C1. The molecule has 2 rings (SSSR count). The first kappa shape index (κ1) is 18.5. The fourth-order valence-corrected chi connectivity index (χ4v) is 3.71. The van der Waals surface area contributed by atoms with E-state index in [1.54, 1.807) is 0 Å². The second-order valence-corrected chi connectivity index (χ2v) is 7.31. The third-order valence-electron chi connectivity index (χ3n) is 4.82. The third kappa shape index (κ3) is 6.68. The maximum atomic E-state index is 5.82. The first-order chi connectivity index (χ1) is 11.2. The van der Waals surface area contributed by atoms with Crippen molar-refractivity contribution >= 4 is 5.96 Å². The fourth-order valence-electron chi connectivity index (χ4n) is 3.71. The molecule has 0 aliphatic carbocycles. The summed E-state index contributed by atoms with van der Waals surface area (Å²) in [4.78, 5) is 6.85. The van der Waals surface area contributed by atoms with Crippen molar-refractivity contribution in [3.8, 4) is 0 Å². The van der Waals surface area contributed by atoms with Crippen molar-refractivity contribution in [1.29, 1.82) is 0 Å². The van der Waals surface area contributed by atoms with Crippen molar-refractivity contribution in [3.63, 3.8) is 0 Å². The van der Waals surface area contributed by atoms with Crippen LogP contribution in [0.3, 0.4) is 0 Å². The van der Waals surface area contributed by atoms with Gasteiger partial charge in [-0.15, -0.1) is 0 Å². The van der Waals surface area contributed by atoms with Crippen LogP contribution in [-0.2, 0) is 9.47 Å². The van der Waals surface area contributed by atoms with Crippen molar-refractivity contribution in [2.24, 2.45) is 22.7 Å². The molecule has 0 radical (unpaired) electrons. The van der Waals surface area contributed by atoms with Gasteiger partial charge in [0.2, 0.25) is 0 Å². The number of rotatable bonds is 6. The third-order valence-corrected chi connectivity index (χ3v) is 4.82. The molecule has 0 aromatic carbocycles. The zero-order valence-electron chi connectivity index (χ0n) is 15.2. The Morgan fingerprint density at radius 1 is 1.22 bits per heavy atom. The van der Waals surface area contributed by atoms with Crippen molar-refractivity contribution < 1.29 is 9.47 Å². The highest BCUT2D eigenvalue weighted by Gasteiger charge is 2.23. The quantitative estimate of drug-likeness (QED) is 0.463. The number of aliphatic imine (C=N–C) groups is 1. The van der Waals surface area contributed by atoms with E-state index in [0.29, 0.717) is 5.92 Å². The topological polar surface area (TPSA) is 46.1 Å². The van der Waals surface area contributed by atoms with E-state index < -0.39 is 0 Å². The van der Waals surface area contributed by atoms with Crippen LogP contribution < -0.4 is 5.32 Å². The van der Waals surface area contributed by atoms with Crippen molar-refractivity contribution in [3.05, 3.63) is 0 Å². The molecule has 2 heterocycles. The molecule has 134 valence electrons. The van der Waals surface area contributed by atoms with Gasteiger partial charge in [0.25, 0.3) is 0 Å². The van der Waals surface area contributed by atoms with Gasteiger partial charge in [-0.3, -0.25) is 4.99 Å². The van der Waals surface area contributed by atoms with E-state index >= 15 is 0 Å². The number of nitrogens with one attached hydrogen (secondary N) is 1. The van der Waals surface area contributed by atoms with Gasteiger partial charge in [0, 0.05) is 53.1 Å². The summed E-state index contributed by atoms with van der Waals surface area (Å²) in [5.41, 5.74) is 0. The number of likely N-dealkylation sites (tertiary alicyclic amines) is 1.